The van der Waals surface area contributed by atoms with Crippen LogP contribution in [0.15, 0.2) is 24.3 Å². The highest BCUT2D eigenvalue weighted by atomic mass is 16.1. The van der Waals surface area contributed by atoms with E-state index in [-0.39, 0.29) is 0 Å². The van der Waals surface area contributed by atoms with Crippen molar-refractivity contribution in [2.45, 2.75) is 72.6 Å². The number of aryl methyl sites for hydroxylation is 1. The monoisotopic (exact) mass is 262 g/mol. The lowest BCUT2D eigenvalue weighted by Crippen LogP contribution is -2.02. The normalized spacial score (nSPS) is 9.68. The first-order valence-corrected chi connectivity index (χ1v) is 7.82. The standard InChI is InChI=1S/C13H18O.C5H12/c1-3-5-10-13(14)12-9-7-6-8-11(12)4-2;1-3-5-4-2/h6-9H,3-5,10H2,1-2H3;3-5H2,1-2H3. The van der Waals surface area contributed by atoms with E-state index in [1.165, 1.54) is 24.8 Å². The van der Waals surface area contributed by atoms with E-state index >= 15 is 0 Å². The highest BCUT2D eigenvalue weighted by molar-refractivity contribution is 5.97. The molecule has 1 aromatic carbocycles. The molecule has 0 aliphatic rings. The largest absolute Gasteiger partial charge is 0.294 e. The van der Waals surface area contributed by atoms with Crippen molar-refractivity contribution in [1.29, 1.82) is 0 Å². The summed E-state index contributed by atoms with van der Waals surface area (Å²) in [7, 11) is 0. The van der Waals surface area contributed by atoms with Crippen molar-refractivity contribution < 1.29 is 4.79 Å². The van der Waals surface area contributed by atoms with Crippen molar-refractivity contribution in [2.75, 3.05) is 0 Å². The number of carbonyl (C=O) groups excluding carboxylic acids is 1. The van der Waals surface area contributed by atoms with Crippen LogP contribution in [0.25, 0.3) is 0 Å². The Morgan fingerprint density at radius 1 is 0.895 bits per heavy atom. The Morgan fingerprint density at radius 2 is 1.47 bits per heavy atom. The van der Waals surface area contributed by atoms with Gasteiger partial charge in [0.15, 0.2) is 5.78 Å². The molecule has 0 heterocycles. The second-order valence-corrected chi connectivity index (χ2v) is 4.89. The van der Waals surface area contributed by atoms with E-state index < -0.39 is 0 Å². The summed E-state index contributed by atoms with van der Waals surface area (Å²) in [6.07, 6.45) is 7.78. The molecule has 0 N–H and O–H groups in total. The van der Waals surface area contributed by atoms with E-state index in [4.69, 9.17) is 0 Å². The maximum Gasteiger partial charge on any atom is 0.163 e. The molecule has 108 valence electrons. The molecule has 0 atom stereocenters. The molecule has 19 heavy (non-hydrogen) atoms. The molecule has 0 unspecified atom stereocenters. The van der Waals surface area contributed by atoms with Gasteiger partial charge in [0.25, 0.3) is 0 Å². The van der Waals surface area contributed by atoms with Crippen molar-refractivity contribution in [3.8, 4) is 0 Å². The fraction of sp³-hybridized carbons (Fsp3) is 0.611. The average Bonchev–Trinajstić information content (AvgIpc) is 2.46. The number of ketones is 1. The van der Waals surface area contributed by atoms with Gasteiger partial charge < -0.3 is 0 Å². The summed E-state index contributed by atoms with van der Waals surface area (Å²) in [4.78, 5) is 11.8. The van der Waals surface area contributed by atoms with Gasteiger partial charge in [-0.2, -0.15) is 0 Å². The molecular formula is C18H30O. The third kappa shape index (κ3) is 7.81. The second kappa shape index (κ2) is 12.0. The summed E-state index contributed by atoms with van der Waals surface area (Å²) in [5.41, 5.74) is 2.09. The zero-order valence-corrected chi connectivity index (χ0v) is 13.2. The summed E-state index contributed by atoms with van der Waals surface area (Å²) < 4.78 is 0. The molecule has 0 saturated heterocycles. The number of hydrogen-bond acceptors (Lipinski definition) is 1. The molecule has 1 rings (SSSR count). The summed E-state index contributed by atoms with van der Waals surface area (Å²) in [6, 6.07) is 7.92. The molecule has 0 aliphatic carbocycles. The van der Waals surface area contributed by atoms with Crippen LogP contribution in [0.4, 0.5) is 0 Å². The topological polar surface area (TPSA) is 17.1 Å². The predicted molar refractivity (Wildman–Crippen MR) is 84.9 cm³/mol. The first kappa shape index (κ1) is 17.9. The van der Waals surface area contributed by atoms with Gasteiger partial charge >= 0.3 is 0 Å². The maximum absolute atomic E-state index is 11.8. The lowest BCUT2D eigenvalue weighted by Gasteiger charge is -2.05. The fourth-order valence-electron chi connectivity index (χ4n) is 1.93. The number of carbonyl (C=O) groups is 1. The number of hydrogen-bond donors (Lipinski definition) is 0. The van der Waals surface area contributed by atoms with Crippen LogP contribution in [0, 0.1) is 0 Å². The van der Waals surface area contributed by atoms with Crippen molar-refractivity contribution in [3.05, 3.63) is 35.4 Å². The SMILES string of the molecule is CCCCC.CCCCC(=O)c1ccccc1CC. The van der Waals surface area contributed by atoms with Crippen molar-refractivity contribution in [1.82, 2.24) is 0 Å². The Labute approximate surface area is 119 Å². The smallest absolute Gasteiger partial charge is 0.163 e. The van der Waals surface area contributed by atoms with Crippen LogP contribution in [0.3, 0.4) is 0 Å². The fourth-order valence-corrected chi connectivity index (χ4v) is 1.93. The number of unbranched alkanes of at least 4 members (excludes halogenated alkanes) is 3. The number of Topliss-reactive ketones (excluding diaryl/α,β-unsaturated/α-hetero) is 1. The Balaban J connectivity index is 0.000000555. The minimum atomic E-state index is 0.296. The van der Waals surface area contributed by atoms with Gasteiger partial charge in [-0.3, -0.25) is 4.79 Å². The van der Waals surface area contributed by atoms with E-state index in [0.717, 1.165) is 24.8 Å². The number of benzene rings is 1. The van der Waals surface area contributed by atoms with Crippen LogP contribution in [-0.4, -0.2) is 5.78 Å². The van der Waals surface area contributed by atoms with E-state index in [9.17, 15) is 4.79 Å². The van der Waals surface area contributed by atoms with E-state index in [0.29, 0.717) is 12.2 Å². The highest BCUT2D eigenvalue weighted by Crippen LogP contribution is 2.13. The van der Waals surface area contributed by atoms with Crippen LogP contribution in [-0.2, 0) is 6.42 Å². The Bertz CT molecular complexity index is 339. The molecule has 0 bridgehead atoms. The Morgan fingerprint density at radius 3 is 1.95 bits per heavy atom. The maximum atomic E-state index is 11.8. The molecular weight excluding hydrogens is 232 g/mol. The molecule has 1 heteroatoms. The van der Waals surface area contributed by atoms with Crippen molar-refractivity contribution in [2.24, 2.45) is 0 Å². The Hall–Kier alpha value is -1.11. The van der Waals surface area contributed by atoms with E-state index in [1.54, 1.807) is 0 Å². The molecule has 1 aromatic rings. The first-order chi connectivity index (χ1) is 9.21. The highest BCUT2D eigenvalue weighted by Gasteiger charge is 2.08. The zero-order valence-electron chi connectivity index (χ0n) is 13.2. The second-order valence-electron chi connectivity index (χ2n) is 4.89. The molecule has 0 radical (unpaired) electrons. The van der Waals surface area contributed by atoms with Gasteiger partial charge in [0.05, 0.1) is 0 Å². The minimum absolute atomic E-state index is 0.296. The van der Waals surface area contributed by atoms with Gasteiger partial charge in [-0.1, -0.05) is 77.6 Å². The van der Waals surface area contributed by atoms with Crippen LogP contribution in [0.1, 0.15) is 82.1 Å². The Kier molecular flexibility index (Phi) is 11.3. The molecule has 0 aromatic heterocycles. The lowest BCUT2D eigenvalue weighted by molar-refractivity contribution is 0.0979. The van der Waals surface area contributed by atoms with Crippen LogP contribution in [0.2, 0.25) is 0 Å². The van der Waals surface area contributed by atoms with Gasteiger partial charge in [0, 0.05) is 12.0 Å². The molecule has 0 aliphatic heterocycles. The van der Waals surface area contributed by atoms with E-state index in [2.05, 4.69) is 27.7 Å². The van der Waals surface area contributed by atoms with Crippen molar-refractivity contribution in [3.63, 3.8) is 0 Å². The lowest BCUT2D eigenvalue weighted by atomic mass is 9.99. The van der Waals surface area contributed by atoms with Crippen LogP contribution in [0.5, 0.6) is 0 Å². The van der Waals surface area contributed by atoms with Crippen molar-refractivity contribution >= 4 is 5.78 Å². The van der Waals surface area contributed by atoms with Gasteiger partial charge in [-0.15, -0.1) is 0 Å². The molecule has 0 saturated carbocycles. The zero-order chi connectivity index (χ0) is 14.5. The first-order valence-electron chi connectivity index (χ1n) is 7.82. The predicted octanol–water partition coefficient (Wildman–Crippen LogP) is 5.82. The van der Waals surface area contributed by atoms with Gasteiger partial charge in [-0.25, -0.2) is 0 Å². The summed E-state index contributed by atoms with van der Waals surface area (Å²) in [5, 5.41) is 0. The summed E-state index contributed by atoms with van der Waals surface area (Å²) >= 11 is 0. The molecule has 0 amide bonds. The summed E-state index contributed by atoms with van der Waals surface area (Å²) in [6.45, 7) is 8.62. The molecule has 0 fully saturated rings. The minimum Gasteiger partial charge on any atom is -0.294 e. The van der Waals surface area contributed by atoms with Gasteiger partial charge in [0.1, 0.15) is 0 Å². The third-order valence-electron chi connectivity index (χ3n) is 3.16. The third-order valence-corrected chi connectivity index (χ3v) is 3.16. The number of rotatable bonds is 7. The van der Waals surface area contributed by atoms with E-state index in [1.807, 2.05) is 24.3 Å². The molecule has 1 nitrogen and oxygen atoms in total. The summed E-state index contributed by atoms with van der Waals surface area (Å²) in [5.74, 6) is 0.296. The molecule has 0 spiro atoms. The quantitative estimate of drug-likeness (QED) is 0.566. The van der Waals surface area contributed by atoms with Gasteiger partial charge in [0.2, 0.25) is 0 Å². The van der Waals surface area contributed by atoms with Crippen LogP contribution < -0.4 is 0 Å². The van der Waals surface area contributed by atoms with Gasteiger partial charge in [-0.05, 0) is 18.4 Å². The average molecular weight is 262 g/mol. The van der Waals surface area contributed by atoms with Crippen LogP contribution >= 0.6 is 0 Å².